The molecule has 2 unspecified atom stereocenters. The molecule has 0 bridgehead atoms. The summed E-state index contributed by atoms with van der Waals surface area (Å²) in [5, 5.41) is 22.8. The van der Waals surface area contributed by atoms with Gasteiger partial charge in [0.2, 0.25) is 0 Å². The molecule has 1 fully saturated rings. The topological polar surface area (TPSA) is 69.6 Å². The van der Waals surface area contributed by atoms with Gasteiger partial charge in [-0.2, -0.15) is 0 Å². The molecular formula is C23H35NO3. The largest absolute Gasteiger partial charge is 0.508 e. The van der Waals surface area contributed by atoms with Crippen molar-refractivity contribution in [3.63, 3.8) is 0 Å². The number of aliphatic hydroxyl groups is 1. The summed E-state index contributed by atoms with van der Waals surface area (Å²) in [6.45, 7) is 1.87. The number of nitrogens with one attached hydrogen (secondary N) is 1. The Hall–Kier alpha value is -1.81. The molecule has 1 saturated carbocycles. The number of phenols is 1. The number of hydrogen-bond donors (Lipinski definition) is 3. The normalized spacial score (nSPS) is 19.9. The fourth-order valence-electron chi connectivity index (χ4n) is 3.74. The van der Waals surface area contributed by atoms with Gasteiger partial charge in [0, 0.05) is 12.1 Å². The molecule has 0 aromatic heterocycles. The number of hydrogen-bond acceptors (Lipinski definition) is 4. The number of carbonyl (C=O) groups is 1. The molecular weight excluding hydrogens is 338 g/mol. The van der Waals surface area contributed by atoms with E-state index in [-0.39, 0.29) is 23.5 Å². The van der Waals surface area contributed by atoms with Crippen LogP contribution < -0.4 is 5.32 Å². The Morgan fingerprint density at radius 3 is 2.07 bits per heavy atom. The zero-order valence-electron chi connectivity index (χ0n) is 16.6. The average molecular weight is 374 g/mol. The van der Waals surface area contributed by atoms with Crippen molar-refractivity contribution < 1.29 is 15.0 Å². The van der Waals surface area contributed by atoms with Gasteiger partial charge in [-0.05, 0) is 43.5 Å². The summed E-state index contributed by atoms with van der Waals surface area (Å²) in [4.78, 5) is 12.6. The Balaban J connectivity index is 1.83. The molecule has 2 rings (SSSR count). The van der Waals surface area contributed by atoms with Gasteiger partial charge in [-0.1, -0.05) is 63.5 Å². The maximum absolute atomic E-state index is 12.6. The van der Waals surface area contributed by atoms with Crippen molar-refractivity contribution in [2.45, 2.75) is 83.3 Å². The first-order valence-electron chi connectivity index (χ1n) is 10.5. The molecule has 1 aromatic carbocycles. The lowest BCUT2D eigenvalue weighted by Crippen LogP contribution is -2.28. The molecule has 2 atom stereocenters. The highest BCUT2D eigenvalue weighted by Crippen LogP contribution is 2.23. The van der Waals surface area contributed by atoms with Gasteiger partial charge in [0.1, 0.15) is 5.75 Å². The first-order chi connectivity index (χ1) is 13.1. The van der Waals surface area contributed by atoms with Gasteiger partial charge >= 0.3 is 0 Å². The van der Waals surface area contributed by atoms with Gasteiger partial charge < -0.3 is 15.5 Å². The van der Waals surface area contributed by atoms with E-state index < -0.39 is 6.10 Å². The monoisotopic (exact) mass is 373 g/mol. The van der Waals surface area contributed by atoms with Crippen molar-refractivity contribution in [1.82, 2.24) is 5.32 Å². The molecule has 150 valence electrons. The molecule has 4 heteroatoms. The van der Waals surface area contributed by atoms with Crippen molar-refractivity contribution >= 4 is 5.78 Å². The van der Waals surface area contributed by atoms with Crippen molar-refractivity contribution in [3.05, 3.63) is 42.1 Å². The first kappa shape index (κ1) is 21.5. The second kappa shape index (κ2) is 11.8. The number of aromatic hydroxyl groups is 1. The summed E-state index contributed by atoms with van der Waals surface area (Å²) in [5.74, 6) is 0.519. The highest BCUT2D eigenvalue weighted by Gasteiger charge is 2.17. The quantitative estimate of drug-likeness (QED) is 0.613. The second-order valence-electron chi connectivity index (χ2n) is 7.83. The predicted molar refractivity (Wildman–Crippen MR) is 109 cm³/mol. The molecule has 0 saturated heterocycles. The van der Waals surface area contributed by atoms with Crippen molar-refractivity contribution in [2.75, 3.05) is 0 Å². The van der Waals surface area contributed by atoms with Crippen LogP contribution in [0.3, 0.4) is 0 Å². The maximum atomic E-state index is 12.6. The lowest BCUT2D eigenvalue weighted by molar-refractivity contribution is -0.118. The lowest BCUT2D eigenvalue weighted by atomic mass is 9.91. The molecule has 1 aromatic rings. The zero-order valence-corrected chi connectivity index (χ0v) is 16.6. The zero-order chi connectivity index (χ0) is 19.5. The fraction of sp³-hybridized carbons (Fsp3) is 0.609. The minimum Gasteiger partial charge on any atom is -0.508 e. The van der Waals surface area contributed by atoms with Crippen molar-refractivity contribution in [2.24, 2.45) is 5.92 Å². The maximum Gasteiger partial charge on any atom is 0.160 e. The summed E-state index contributed by atoms with van der Waals surface area (Å²) >= 11 is 0. The molecule has 0 radical (unpaired) electrons. The van der Waals surface area contributed by atoms with Crippen LogP contribution in [0.25, 0.3) is 0 Å². The standard InChI is InChI=1S/C23H35NO3/c1-18(23(27)20-12-14-21(25)15-13-20)24-17-16-22(26)19-10-8-6-4-2-3-5-7-9-11-19/h12-19,23-25,27H,2-11H2,1H3/b17-16+. The molecule has 4 nitrogen and oxygen atoms in total. The van der Waals surface area contributed by atoms with Crippen LogP contribution in [-0.2, 0) is 4.79 Å². The number of ketones is 1. The number of allylic oxidation sites excluding steroid dienone is 1. The van der Waals surface area contributed by atoms with Gasteiger partial charge in [0.05, 0.1) is 12.1 Å². The molecule has 1 aliphatic rings. The van der Waals surface area contributed by atoms with E-state index in [0.29, 0.717) is 0 Å². The van der Waals surface area contributed by atoms with Gasteiger partial charge in [-0.15, -0.1) is 0 Å². The van der Waals surface area contributed by atoms with Crippen molar-refractivity contribution in [1.29, 1.82) is 0 Å². The van der Waals surface area contributed by atoms with Crippen LogP contribution in [0.4, 0.5) is 0 Å². The van der Waals surface area contributed by atoms with E-state index in [0.717, 1.165) is 31.2 Å². The third kappa shape index (κ3) is 7.76. The summed E-state index contributed by atoms with van der Waals surface area (Å²) in [6, 6.07) is 6.30. The number of phenolic OH excluding ortho intramolecular Hbond substituents is 1. The summed E-state index contributed by atoms with van der Waals surface area (Å²) < 4.78 is 0. The number of carbonyl (C=O) groups excluding carboxylic acids is 1. The van der Waals surface area contributed by atoms with E-state index in [1.165, 1.54) is 38.5 Å². The third-order valence-electron chi connectivity index (χ3n) is 5.57. The summed E-state index contributed by atoms with van der Waals surface area (Å²) in [5.41, 5.74) is 0.732. The Morgan fingerprint density at radius 1 is 1.00 bits per heavy atom. The van der Waals surface area contributed by atoms with Crippen LogP contribution in [0.2, 0.25) is 0 Å². The average Bonchev–Trinajstić information content (AvgIpc) is 2.73. The van der Waals surface area contributed by atoms with Crippen molar-refractivity contribution in [3.8, 4) is 5.75 Å². The fourth-order valence-corrected chi connectivity index (χ4v) is 3.74. The lowest BCUT2D eigenvalue weighted by Gasteiger charge is -2.20. The molecule has 3 N–H and O–H groups in total. The minimum absolute atomic E-state index is 0.137. The smallest absolute Gasteiger partial charge is 0.160 e. The Labute approximate surface area is 163 Å². The summed E-state index contributed by atoms with van der Waals surface area (Å²) in [6.07, 6.45) is 14.6. The highest BCUT2D eigenvalue weighted by molar-refractivity contribution is 5.91. The van der Waals surface area contributed by atoms with Crippen LogP contribution in [-0.4, -0.2) is 22.0 Å². The SMILES string of the molecule is CC(N/C=C/C(=O)C1CCCCCCCCCC1)C(O)c1ccc(O)cc1. The third-order valence-corrected chi connectivity index (χ3v) is 5.57. The van der Waals surface area contributed by atoms with Crippen LogP contribution in [0.5, 0.6) is 5.75 Å². The molecule has 27 heavy (non-hydrogen) atoms. The molecule has 0 aliphatic heterocycles. The Bertz CT molecular complexity index is 570. The number of aliphatic hydroxyl groups excluding tert-OH is 1. The van der Waals surface area contributed by atoms with Crippen LogP contribution in [0.1, 0.15) is 82.8 Å². The molecule has 0 amide bonds. The number of rotatable bonds is 6. The molecule has 0 heterocycles. The van der Waals surface area contributed by atoms with E-state index in [2.05, 4.69) is 5.32 Å². The Kier molecular flexibility index (Phi) is 9.40. The second-order valence-corrected chi connectivity index (χ2v) is 7.83. The van der Waals surface area contributed by atoms with Gasteiger partial charge in [-0.25, -0.2) is 0 Å². The van der Waals surface area contributed by atoms with E-state index in [9.17, 15) is 15.0 Å². The van der Waals surface area contributed by atoms with E-state index >= 15 is 0 Å². The van der Waals surface area contributed by atoms with Crippen LogP contribution in [0, 0.1) is 5.92 Å². The number of benzene rings is 1. The first-order valence-corrected chi connectivity index (χ1v) is 10.5. The Morgan fingerprint density at radius 2 is 1.52 bits per heavy atom. The highest BCUT2D eigenvalue weighted by atomic mass is 16.3. The predicted octanol–water partition coefficient (Wildman–Crippen LogP) is 5.02. The summed E-state index contributed by atoms with van der Waals surface area (Å²) in [7, 11) is 0. The molecule has 1 aliphatic carbocycles. The van der Waals surface area contributed by atoms with E-state index in [1.807, 2.05) is 6.92 Å². The van der Waals surface area contributed by atoms with E-state index in [4.69, 9.17) is 0 Å². The van der Waals surface area contributed by atoms with Gasteiger partial charge in [0.15, 0.2) is 5.78 Å². The molecule has 0 spiro atoms. The van der Waals surface area contributed by atoms with Crippen LogP contribution >= 0.6 is 0 Å². The van der Waals surface area contributed by atoms with Gasteiger partial charge in [0.25, 0.3) is 0 Å². The van der Waals surface area contributed by atoms with Gasteiger partial charge in [-0.3, -0.25) is 4.79 Å². The van der Waals surface area contributed by atoms with Crippen LogP contribution in [0.15, 0.2) is 36.5 Å². The van der Waals surface area contributed by atoms with E-state index in [1.54, 1.807) is 36.5 Å². The minimum atomic E-state index is -0.706.